The van der Waals surface area contributed by atoms with Gasteiger partial charge in [-0.25, -0.2) is 0 Å². The van der Waals surface area contributed by atoms with Crippen LogP contribution in [0.15, 0.2) is 0 Å². The molecular weight excluding hydrogens is 230 g/mol. The maximum Gasteiger partial charge on any atom is 0.325 e. The Balaban J connectivity index is 5.44. The van der Waals surface area contributed by atoms with Gasteiger partial charge in [0, 0.05) is 0 Å². The highest BCUT2D eigenvalue weighted by Crippen LogP contribution is 2.24. The second kappa shape index (κ2) is 6.43. The zero-order chi connectivity index (χ0) is 13.5. The van der Waals surface area contributed by atoms with E-state index in [9.17, 15) is 9.59 Å². The third kappa shape index (κ3) is 3.41. The van der Waals surface area contributed by atoms with Gasteiger partial charge in [0.05, 0.1) is 38.3 Å². The molecule has 1 atom stereocenters. The summed E-state index contributed by atoms with van der Waals surface area (Å²) in [5.74, 6) is -3.00. The number of aliphatic carboxylic acids is 2. The van der Waals surface area contributed by atoms with Crippen LogP contribution in [0.1, 0.15) is 12.8 Å². The predicted molar refractivity (Wildman–Crippen MR) is 52.3 cm³/mol. The van der Waals surface area contributed by atoms with Crippen LogP contribution in [0.25, 0.3) is 0 Å². The molecule has 0 aromatic carbocycles. The predicted octanol–water partition coefficient (Wildman–Crippen LogP) is -1.03. The summed E-state index contributed by atoms with van der Waals surface area (Å²) in [5.41, 5.74) is -2.09. The second-order valence-electron chi connectivity index (χ2n) is 3.24. The minimum Gasteiger partial charge on any atom is -0.481 e. The Hall–Kier alpha value is -2.16. The number of nitrogens with zero attached hydrogens (tertiary/aromatic N) is 3. The number of hydrogen-bond acceptors (Lipinski definition) is 6. The van der Waals surface area contributed by atoms with E-state index in [2.05, 4.69) is 0 Å². The van der Waals surface area contributed by atoms with Crippen molar-refractivity contribution in [1.29, 1.82) is 10.5 Å². The summed E-state index contributed by atoms with van der Waals surface area (Å²) in [6.07, 6.45) is -1.52. The van der Waals surface area contributed by atoms with Crippen LogP contribution in [0.3, 0.4) is 0 Å². The molecule has 0 bridgehead atoms. The molecule has 0 aliphatic carbocycles. The van der Waals surface area contributed by atoms with E-state index in [4.69, 9.17) is 25.8 Å². The summed E-state index contributed by atoms with van der Waals surface area (Å²) in [4.78, 5) is 22.5. The van der Waals surface area contributed by atoms with Gasteiger partial charge in [0.2, 0.25) is 0 Å². The first-order valence-electron chi connectivity index (χ1n) is 4.49. The lowest BCUT2D eigenvalue weighted by Gasteiger charge is -2.35. The Morgan fingerprint density at radius 1 is 1.24 bits per heavy atom. The van der Waals surface area contributed by atoms with Gasteiger partial charge < -0.3 is 15.3 Å². The largest absolute Gasteiger partial charge is 0.481 e. The summed E-state index contributed by atoms with van der Waals surface area (Å²) in [6.45, 7) is -1.31. The first-order valence-corrected chi connectivity index (χ1v) is 4.49. The molecule has 0 aromatic heterocycles. The topological polar surface area (TPSA) is 146 Å². The SMILES string of the molecule is N#CCN(CO)[C@@](CC#N)(CC(=O)O)C(=O)O. The molecule has 92 valence electrons. The summed E-state index contributed by atoms with van der Waals surface area (Å²) < 4.78 is 0. The monoisotopic (exact) mass is 241 g/mol. The summed E-state index contributed by atoms with van der Waals surface area (Å²) in [5, 5.41) is 43.8. The number of hydrogen-bond donors (Lipinski definition) is 3. The molecule has 0 rings (SSSR count). The highest BCUT2D eigenvalue weighted by molar-refractivity contribution is 5.85. The van der Waals surface area contributed by atoms with Crippen molar-refractivity contribution < 1.29 is 24.9 Å². The fourth-order valence-corrected chi connectivity index (χ4v) is 1.38. The first-order chi connectivity index (χ1) is 7.94. The van der Waals surface area contributed by atoms with E-state index in [0.29, 0.717) is 0 Å². The summed E-state index contributed by atoms with van der Waals surface area (Å²) in [7, 11) is 0. The highest BCUT2D eigenvalue weighted by atomic mass is 16.4. The van der Waals surface area contributed by atoms with Gasteiger partial charge in [-0.15, -0.1) is 0 Å². The Bertz CT molecular complexity index is 383. The Kier molecular flexibility index (Phi) is 5.61. The lowest BCUT2D eigenvalue weighted by Crippen LogP contribution is -2.56. The maximum absolute atomic E-state index is 11.1. The van der Waals surface area contributed by atoms with Gasteiger partial charge >= 0.3 is 11.9 Å². The van der Waals surface area contributed by atoms with Gasteiger partial charge in [0.1, 0.15) is 5.54 Å². The highest BCUT2D eigenvalue weighted by Gasteiger charge is 2.46. The quantitative estimate of drug-likeness (QED) is 0.379. The van der Waals surface area contributed by atoms with Crippen molar-refractivity contribution in [2.24, 2.45) is 0 Å². The number of nitriles is 2. The second-order valence-corrected chi connectivity index (χ2v) is 3.24. The number of aliphatic hydroxyl groups is 1. The van der Waals surface area contributed by atoms with E-state index < -0.39 is 43.6 Å². The number of carboxylic acids is 2. The number of rotatable bonds is 7. The molecule has 0 heterocycles. The van der Waals surface area contributed by atoms with Gasteiger partial charge in [-0.05, 0) is 0 Å². The summed E-state index contributed by atoms with van der Waals surface area (Å²) >= 11 is 0. The van der Waals surface area contributed by atoms with Gasteiger partial charge in [-0.1, -0.05) is 0 Å². The van der Waals surface area contributed by atoms with Crippen LogP contribution in [0.5, 0.6) is 0 Å². The van der Waals surface area contributed by atoms with Crippen molar-refractivity contribution in [3.8, 4) is 12.1 Å². The fourth-order valence-electron chi connectivity index (χ4n) is 1.38. The number of aliphatic hydroxyl groups excluding tert-OH is 1. The lowest BCUT2D eigenvalue weighted by molar-refractivity contribution is -0.160. The number of carboxylic acid groups (broad SMARTS) is 2. The van der Waals surface area contributed by atoms with Gasteiger partial charge in [-0.3, -0.25) is 14.5 Å². The van der Waals surface area contributed by atoms with Crippen LogP contribution >= 0.6 is 0 Å². The molecule has 17 heavy (non-hydrogen) atoms. The molecule has 3 N–H and O–H groups in total. The van der Waals surface area contributed by atoms with Crippen LogP contribution in [-0.2, 0) is 9.59 Å². The van der Waals surface area contributed by atoms with Crippen LogP contribution in [0.4, 0.5) is 0 Å². The molecule has 0 aliphatic heterocycles. The van der Waals surface area contributed by atoms with Gasteiger partial charge in [0.15, 0.2) is 0 Å². The normalized spacial score (nSPS) is 13.4. The van der Waals surface area contributed by atoms with Gasteiger partial charge in [-0.2, -0.15) is 10.5 Å². The minimum atomic E-state index is -2.09. The van der Waals surface area contributed by atoms with E-state index in [-0.39, 0.29) is 0 Å². The molecular formula is C9H11N3O5. The van der Waals surface area contributed by atoms with Crippen molar-refractivity contribution in [2.75, 3.05) is 13.3 Å². The van der Waals surface area contributed by atoms with Gasteiger partial charge in [0.25, 0.3) is 0 Å². The van der Waals surface area contributed by atoms with Crippen molar-refractivity contribution >= 4 is 11.9 Å². The molecule has 0 radical (unpaired) electrons. The average Bonchev–Trinajstić information content (AvgIpc) is 2.24. The standard InChI is InChI=1S/C9H11N3O5/c10-2-1-9(8(16)17,5-7(14)15)12(6-13)4-3-11/h13H,1,4-6H2,(H,14,15)(H,16,17)/t9-/m0/s1. The fraction of sp³-hybridized carbons (Fsp3) is 0.556. The van der Waals surface area contributed by atoms with E-state index in [1.54, 1.807) is 12.1 Å². The van der Waals surface area contributed by atoms with Crippen LogP contribution < -0.4 is 0 Å². The first kappa shape index (κ1) is 14.8. The molecule has 8 nitrogen and oxygen atoms in total. The summed E-state index contributed by atoms with van der Waals surface area (Å²) in [6, 6.07) is 3.17. The van der Waals surface area contributed by atoms with Crippen molar-refractivity contribution in [3.05, 3.63) is 0 Å². The molecule has 0 amide bonds. The third-order valence-corrected chi connectivity index (χ3v) is 2.25. The molecule has 0 saturated heterocycles. The Morgan fingerprint density at radius 3 is 2.12 bits per heavy atom. The van der Waals surface area contributed by atoms with E-state index >= 15 is 0 Å². The third-order valence-electron chi connectivity index (χ3n) is 2.25. The van der Waals surface area contributed by atoms with E-state index in [0.717, 1.165) is 4.90 Å². The molecule has 0 aliphatic rings. The van der Waals surface area contributed by atoms with Crippen LogP contribution in [0.2, 0.25) is 0 Å². The van der Waals surface area contributed by atoms with Crippen LogP contribution in [-0.4, -0.2) is 51.0 Å². The zero-order valence-corrected chi connectivity index (χ0v) is 8.83. The van der Waals surface area contributed by atoms with E-state index in [1.165, 1.54) is 0 Å². The number of carbonyl (C=O) groups is 2. The smallest absolute Gasteiger partial charge is 0.325 e. The molecule has 0 saturated carbocycles. The zero-order valence-electron chi connectivity index (χ0n) is 8.83. The molecule has 0 spiro atoms. The Labute approximate surface area is 96.9 Å². The lowest BCUT2D eigenvalue weighted by atomic mass is 9.90. The minimum absolute atomic E-state index is 0.488. The van der Waals surface area contributed by atoms with Crippen molar-refractivity contribution in [1.82, 2.24) is 4.90 Å². The molecule has 0 unspecified atom stereocenters. The van der Waals surface area contributed by atoms with Crippen molar-refractivity contribution in [2.45, 2.75) is 18.4 Å². The van der Waals surface area contributed by atoms with E-state index in [1.807, 2.05) is 0 Å². The average molecular weight is 241 g/mol. The maximum atomic E-state index is 11.1. The van der Waals surface area contributed by atoms with Crippen LogP contribution in [0, 0.1) is 22.7 Å². The molecule has 8 heteroatoms. The molecule has 0 fully saturated rings. The van der Waals surface area contributed by atoms with Crippen molar-refractivity contribution in [3.63, 3.8) is 0 Å². The Morgan fingerprint density at radius 2 is 1.82 bits per heavy atom. The molecule has 0 aromatic rings.